The van der Waals surface area contributed by atoms with E-state index in [0.29, 0.717) is 5.06 Å². The van der Waals surface area contributed by atoms with Crippen LogP contribution in [0.2, 0.25) is 0 Å². The van der Waals surface area contributed by atoms with Crippen LogP contribution in [0.4, 0.5) is 0 Å². The zero-order chi connectivity index (χ0) is 14.8. The molecule has 1 amide bonds. The van der Waals surface area contributed by atoms with Gasteiger partial charge < -0.3 is 0 Å². The van der Waals surface area contributed by atoms with Gasteiger partial charge in [0.25, 0.3) is 5.91 Å². The summed E-state index contributed by atoms with van der Waals surface area (Å²) in [6.07, 6.45) is 9.92. The number of rotatable bonds is 7. The lowest BCUT2D eigenvalue weighted by atomic mass is 10.1. The summed E-state index contributed by atoms with van der Waals surface area (Å²) in [7, 11) is 1.33. The first kappa shape index (κ1) is 17.6. The summed E-state index contributed by atoms with van der Waals surface area (Å²) in [6.45, 7) is 8.28. The van der Waals surface area contributed by atoms with Crippen LogP contribution in [0.1, 0.15) is 53.4 Å². The molecular weight excluding hydrogens is 238 g/mol. The van der Waals surface area contributed by atoms with E-state index >= 15 is 0 Å². The Labute approximate surface area is 117 Å². The molecule has 0 heterocycles. The summed E-state index contributed by atoms with van der Waals surface area (Å²) >= 11 is 0. The maximum atomic E-state index is 11.2. The normalized spacial score (nSPS) is 12.3. The van der Waals surface area contributed by atoms with Crippen molar-refractivity contribution in [1.82, 2.24) is 5.06 Å². The van der Waals surface area contributed by atoms with Gasteiger partial charge in [0.1, 0.15) is 0 Å². The van der Waals surface area contributed by atoms with Gasteiger partial charge in [-0.15, -0.1) is 0 Å². The molecule has 0 aromatic rings. The first-order chi connectivity index (χ1) is 8.82. The SMILES string of the molecule is CC(C)=CCC/C(C)=C/CC/C(C)=C/C(=O)N(C)O. The fourth-order valence-corrected chi connectivity index (χ4v) is 1.61. The monoisotopic (exact) mass is 265 g/mol. The molecule has 0 aromatic heterocycles. The van der Waals surface area contributed by atoms with Gasteiger partial charge in [-0.1, -0.05) is 28.9 Å². The van der Waals surface area contributed by atoms with Gasteiger partial charge in [-0.05, 0) is 53.4 Å². The van der Waals surface area contributed by atoms with Crippen LogP contribution in [0.5, 0.6) is 0 Å². The Hall–Kier alpha value is -1.35. The van der Waals surface area contributed by atoms with E-state index in [9.17, 15) is 4.79 Å². The quantitative estimate of drug-likeness (QED) is 0.323. The molecule has 0 fully saturated rings. The molecule has 0 saturated carbocycles. The lowest BCUT2D eigenvalue weighted by Gasteiger charge is -2.05. The molecule has 0 saturated heterocycles. The minimum absolute atomic E-state index is 0.373. The minimum Gasteiger partial charge on any atom is -0.286 e. The average molecular weight is 265 g/mol. The molecule has 3 nitrogen and oxygen atoms in total. The van der Waals surface area contributed by atoms with Crippen molar-refractivity contribution >= 4 is 5.91 Å². The molecule has 3 heteroatoms. The number of hydrogen-bond donors (Lipinski definition) is 1. The predicted octanol–water partition coefficient (Wildman–Crippen LogP) is 4.25. The molecule has 0 atom stereocenters. The number of amides is 1. The maximum absolute atomic E-state index is 11.2. The molecule has 0 radical (unpaired) electrons. The van der Waals surface area contributed by atoms with Gasteiger partial charge in [-0.3, -0.25) is 10.0 Å². The fourth-order valence-electron chi connectivity index (χ4n) is 1.61. The number of carbonyl (C=O) groups excluding carboxylic acids is 1. The summed E-state index contributed by atoms with van der Waals surface area (Å²) < 4.78 is 0. The van der Waals surface area contributed by atoms with Gasteiger partial charge in [0.15, 0.2) is 0 Å². The van der Waals surface area contributed by atoms with Gasteiger partial charge in [-0.2, -0.15) is 0 Å². The second-order valence-electron chi connectivity index (χ2n) is 5.26. The van der Waals surface area contributed by atoms with Crippen molar-refractivity contribution in [3.63, 3.8) is 0 Å². The number of carbonyl (C=O) groups is 1. The van der Waals surface area contributed by atoms with Crippen molar-refractivity contribution in [1.29, 1.82) is 0 Å². The number of hydrogen-bond acceptors (Lipinski definition) is 2. The van der Waals surface area contributed by atoms with Crippen LogP contribution in [0.25, 0.3) is 0 Å². The highest BCUT2D eigenvalue weighted by Gasteiger charge is 2.01. The third kappa shape index (κ3) is 10.3. The number of allylic oxidation sites excluding steroid dienone is 5. The Balaban J connectivity index is 4.06. The van der Waals surface area contributed by atoms with E-state index in [1.807, 2.05) is 6.92 Å². The molecule has 0 unspecified atom stereocenters. The van der Waals surface area contributed by atoms with Crippen LogP contribution < -0.4 is 0 Å². The summed E-state index contributed by atoms with van der Waals surface area (Å²) in [5.41, 5.74) is 3.73. The van der Waals surface area contributed by atoms with E-state index in [0.717, 1.165) is 31.3 Å². The van der Waals surface area contributed by atoms with Gasteiger partial charge in [0.05, 0.1) is 0 Å². The molecule has 0 aliphatic carbocycles. The molecule has 0 bridgehead atoms. The van der Waals surface area contributed by atoms with Crippen molar-refractivity contribution < 1.29 is 10.0 Å². The standard InChI is InChI=1S/C16H27NO2/c1-13(2)8-6-9-14(3)10-7-11-15(4)12-16(18)17(5)19/h8,10,12,19H,6-7,9,11H2,1-5H3/b14-10+,15-12+. The Kier molecular flexibility index (Phi) is 8.88. The molecule has 0 rings (SSSR count). The molecule has 0 aliphatic rings. The van der Waals surface area contributed by atoms with Crippen LogP contribution in [-0.4, -0.2) is 23.2 Å². The molecular formula is C16H27NO2. The zero-order valence-corrected chi connectivity index (χ0v) is 12.9. The van der Waals surface area contributed by atoms with E-state index in [1.54, 1.807) is 0 Å². The van der Waals surface area contributed by atoms with Crippen molar-refractivity contribution in [2.45, 2.75) is 53.4 Å². The Morgan fingerprint density at radius 1 is 1.00 bits per heavy atom. The van der Waals surface area contributed by atoms with Crippen molar-refractivity contribution in [2.24, 2.45) is 0 Å². The summed E-state index contributed by atoms with van der Waals surface area (Å²) in [5.74, 6) is -0.373. The van der Waals surface area contributed by atoms with Crippen LogP contribution >= 0.6 is 0 Å². The largest absolute Gasteiger partial charge is 0.286 e. The van der Waals surface area contributed by atoms with Gasteiger partial charge in [0, 0.05) is 13.1 Å². The van der Waals surface area contributed by atoms with E-state index < -0.39 is 0 Å². The Morgan fingerprint density at radius 2 is 1.53 bits per heavy atom. The van der Waals surface area contributed by atoms with Crippen molar-refractivity contribution in [2.75, 3.05) is 7.05 Å². The molecule has 0 spiro atoms. The molecule has 108 valence electrons. The Bertz CT molecular complexity index is 372. The summed E-state index contributed by atoms with van der Waals surface area (Å²) in [4.78, 5) is 11.2. The first-order valence-electron chi connectivity index (χ1n) is 6.75. The van der Waals surface area contributed by atoms with Gasteiger partial charge >= 0.3 is 0 Å². The topological polar surface area (TPSA) is 40.5 Å². The van der Waals surface area contributed by atoms with Crippen LogP contribution in [0, 0.1) is 0 Å². The molecule has 0 aliphatic heterocycles. The van der Waals surface area contributed by atoms with Crippen molar-refractivity contribution in [3.05, 3.63) is 34.9 Å². The second kappa shape index (κ2) is 9.56. The third-order valence-corrected chi connectivity index (χ3v) is 2.81. The number of hydroxylamine groups is 2. The van der Waals surface area contributed by atoms with Gasteiger partial charge in [0.2, 0.25) is 0 Å². The summed E-state index contributed by atoms with van der Waals surface area (Å²) in [6, 6.07) is 0. The molecule has 19 heavy (non-hydrogen) atoms. The minimum atomic E-state index is -0.373. The average Bonchev–Trinajstić information content (AvgIpc) is 2.28. The smallest absolute Gasteiger partial charge is 0.269 e. The highest BCUT2D eigenvalue weighted by molar-refractivity contribution is 5.86. The van der Waals surface area contributed by atoms with E-state index in [4.69, 9.17) is 5.21 Å². The first-order valence-corrected chi connectivity index (χ1v) is 6.75. The number of likely N-dealkylation sites (N-methyl/N-ethyl adjacent to an activating group) is 1. The van der Waals surface area contributed by atoms with Gasteiger partial charge in [-0.25, -0.2) is 5.06 Å². The summed E-state index contributed by atoms with van der Waals surface area (Å²) in [5, 5.41) is 9.55. The highest BCUT2D eigenvalue weighted by atomic mass is 16.5. The third-order valence-electron chi connectivity index (χ3n) is 2.81. The van der Waals surface area contributed by atoms with Crippen LogP contribution in [0.3, 0.4) is 0 Å². The Morgan fingerprint density at radius 3 is 2.05 bits per heavy atom. The molecule has 1 N–H and O–H groups in total. The highest BCUT2D eigenvalue weighted by Crippen LogP contribution is 2.11. The van der Waals surface area contributed by atoms with E-state index in [-0.39, 0.29) is 5.91 Å². The predicted molar refractivity (Wildman–Crippen MR) is 80.0 cm³/mol. The number of nitrogens with zero attached hydrogens (tertiary/aromatic N) is 1. The lowest BCUT2D eigenvalue weighted by Crippen LogP contribution is -2.20. The lowest BCUT2D eigenvalue weighted by molar-refractivity contribution is -0.153. The van der Waals surface area contributed by atoms with E-state index in [2.05, 4.69) is 32.9 Å². The van der Waals surface area contributed by atoms with Crippen LogP contribution in [-0.2, 0) is 4.79 Å². The second-order valence-corrected chi connectivity index (χ2v) is 5.26. The maximum Gasteiger partial charge on any atom is 0.269 e. The fraction of sp³-hybridized carbons (Fsp3) is 0.562. The molecule has 0 aromatic carbocycles. The van der Waals surface area contributed by atoms with Crippen molar-refractivity contribution in [3.8, 4) is 0 Å². The van der Waals surface area contributed by atoms with E-state index in [1.165, 1.54) is 24.3 Å². The van der Waals surface area contributed by atoms with Crippen LogP contribution in [0.15, 0.2) is 34.9 Å². The zero-order valence-electron chi connectivity index (χ0n) is 12.9.